The smallest absolute Gasteiger partial charge is 0.337 e. The van der Waals surface area contributed by atoms with Gasteiger partial charge in [-0.15, -0.1) is 0 Å². The third kappa shape index (κ3) is 3.46. The van der Waals surface area contributed by atoms with Crippen LogP contribution in [0.25, 0.3) is 0 Å². The number of hydrogen-bond donors (Lipinski definition) is 4. The van der Waals surface area contributed by atoms with Gasteiger partial charge in [0.2, 0.25) is 0 Å². The van der Waals surface area contributed by atoms with E-state index in [9.17, 15) is 14.7 Å². The summed E-state index contributed by atoms with van der Waals surface area (Å²) in [7, 11) is 0. The number of carbonyl (C=O) groups is 2. The van der Waals surface area contributed by atoms with Crippen molar-refractivity contribution >= 4 is 17.6 Å². The van der Waals surface area contributed by atoms with Gasteiger partial charge in [-0.25, -0.2) is 4.79 Å². The molecule has 1 unspecified atom stereocenters. The molecule has 0 saturated carbocycles. The fraction of sp³-hybridized carbons (Fsp3) is 0.273. The van der Waals surface area contributed by atoms with Crippen molar-refractivity contribution in [1.29, 1.82) is 0 Å². The molecule has 0 bridgehead atoms. The van der Waals surface area contributed by atoms with Crippen LogP contribution in [0, 0.1) is 0 Å². The van der Waals surface area contributed by atoms with Crippen LogP contribution in [-0.2, 0) is 16.0 Å². The monoisotopic (exact) mass is 239 g/mol. The first-order chi connectivity index (χ1) is 7.91. The number of carboxylic acid groups (broad SMARTS) is 2. The first kappa shape index (κ1) is 13.0. The lowest BCUT2D eigenvalue weighted by Gasteiger charge is -2.10. The lowest BCUT2D eigenvalue weighted by Crippen LogP contribution is -2.12. The van der Waals surface area contributed by atoms with Gasteiger partial charge in [0.05, 0.1) is 0 Å². The molecule has 6 nitrogen and oxygen atoms in total. The van der Waals surface area contributed by atoms with Crippen LogP contribution >= 0.6 is 0 Å². The number of nitrogen functional groups attached to an aromatic ring is 1. The average Bonchev–Trinajstić information content (AvgIpc) is 2.25. The van der Waals surface area contributed by atoms with E-state index in [0.29, 0.717) is 12.0 Å². The Morgan fingerprint density at radius 3 is 2.41 bits per heavy atom. The molecule has 5 N–H and O–H groups in total. The number of nitrogens with two attached hydrogens (primary N) is 1. The normalized spacial score (nSPS) is 12.1. The summed E-state index contributed by atoms with van der Waals surface area (Å²) in [6.45, 7) is 0. The second-order valence-electron chi connectivity index (χ2n) is 3.60. The van der Waals surface area contributed by atoms with Crippen molar-refractivity contribution in [3.63, 3.8) is 0 Å². The van der Waals surface area contributed by atoms with Gasteiger partial charge in [0.1, 0.15) is 0 Å². The van der Waals surface area contributed by atoms with Crippen molar-refractivity contribution in [2.75, 3.05) is 5.73 Å². The number of rotatable bonds is 5. The lowest BCUT2D eigenvalue weighted by molar-refractivity contribution is -0.147. The van der Waals surface area contributed by atoms with Crippen LogP contribution in [-0.4, -0.2) is 27.3 Å². The molecule has 17 heavy (non-hydrogen) atoms. The Hall–Kier alpha value is -2.08. The van der Waals surface area contributed by atoms with Gasteiger partial charge in [-0.2, -0.15) is 0 Å². The Morgan fingerprint density at radius 2 is 1.94 bits per heavy atom. The molecule has 0 aliphatic rings. The Labute approximate surface area is 97.3 Å². The van der Waals surface area contributed by atoms with E-state index in [2.05, 4.69) is 0 Å². The fourth-order valence-corrected chi connectivity index (χ4v) is 1.41. The van der Waals surface area contributed by atoms with Gasteiger partial charge in [-0.05, 0) is 18.1 Å². The third-order valence-corrected chi connectivity index (χ3v) is 2.31. The highest BCUT2D eigenvalue weighted by molar-refractivity contribution is 5.76. The minimum absolute atomic E-state index is 0.0275. The number of aliphatic hydroxyl groups excluding tert-OH is 1. The second-order valence-corrected chi connectivity index (χ2v) is 3.60. The Kier molecular flexibility index (Phi) is 4.06. The van der Waals surface area contributed by atoms with Crippen molar-refractivity contribution in [3.8, 4) is 0 Å². The second kappa shape index (κ2) is 5.31. The molecular weight excluding hydrogens is 226 g/mol. The van der Waals surface area contributed by atoms with E-state index in [1.165, 1.54) is 12.1 Å². The quantitative estimate of drug-likeness (QED) is 0.552. The van der Waals surface area contributed by atoms with Crippen molar-refractivity contribution in [2.24, 2.45) is 0 Å². The minimum Gasteiger partial charge on any atom is -0.481 e. The predicted molar refractivity (Wildman–Crippen MR) is 59.4 cm³/mol. The van der Waals surface area contributed by atoms with Gasteiger partial charge < -0.3 is 21.1 Å². The number of carboxylic acids is 2. The number of benzene rings is 1. The zero-order valence-corrected chi connectivity index (χ0v) is 8.96. The van der Waals surface area contributed by atoms with E-state index in [1.54, 1.807) is 6.07 Å². The van der Waals surface area contributed by atoms with Crippen LogP contribution in [0.2, 0.25) is 0 Å². The molecule has 0 fully saturated rings. The van der Waals surface area contributed by atoms with Gasteiger partial charge in [-0.1, -0.05) is 12.1 Å². The largest absolute Gasteiger partial charge is 0.481 e. The van der Waals surface area contributed by atoms with E-state index < -0.39 is 18.0 Å². The predicted octanol–water partition coefficient (Wildman–Crippen LogP) is 0.404. The summed E-state index contributed by atoms with van der Waals surface area (Å²) in [5.41, 5.74) is 6.53. The number of aryl methyl sites for hydroxylation is 1. The zero-order valence-electron chi connectivity index (χ0n) is 8.96. The molecule has 0 amide bonds. The summed E-state index contributed by atoms with van der Waals surface area (Å²) < 4.78 is 0. The maximum Gasteiger partial charge on any atom is 0.337 e. The van der Waals surface area contributed by atoms with E-state index >= 15 is 0 Å². The summed E-state index contributed by atoms with van der Waals surface area (Å²) in [5, 5.41) is 26.4. The Morgan fingerprint density at radius 1 is 1.29 bits per heavy atom. The number of anilines is 1. The van der Waals surface area contributed by atoms with Crippen LogP contribution in [0.5, 0.6) is 0 Å². The highest BCUT2D eigenvalue weighted by Crippen LogP contribution is 2.22. The van der Waals surface area contributed by atoms with Gasteiger partial charge in [0, 0.05) is 17.7 Å². The number of aliphatic hydroxyl groups is 1. The van der Waals surface area contributed by atoms with Crippen molar-refractivity contribution < 1.29 is 24.9 Å². The number of hydrogen-bond acceptors (Lipinski definition) is 4. The average molecular weight is 239 g/mol. The van der Waals surface area contributed by atoms with Gasteiger partial charge in [0.15, 0.2) is 6.10 Å². The molecule has 92 valence electrons. The third-order valence-electron chi connectivity index (χ3n) is 2.31. The molecule has 0 aliphatic carbocycles. The van der Waals surface area contributed by atoms with E-state index in [4.69, 9.17) is 15.9 Å². The fourth-order valence-electron chi connectivity index (χ4n) is 1.41. The van der Waals surface area contributed by atoms with Crippen molar-refractivity contribution in [2.45, 2.75) is 18.9 Å². The zero-order chi connectivity index (χ0) is 13.0. The molecule has 6 heteroatoms. The first-order valence-electron chi connectivity index (χ1n) is 4.92. The van der Waals surface area contributed by atoms with Crippen LogP contribution in [0.4, 0.5) is 5.69 Å². The van der Waals surface area contributed by atoms with E-state index in [1.807, 2.05) is 0 Å². The van der Waals surface area contributed by atoms with Gasteiger partial charge >= 0.3 is 11.9 Å². The topological polar surface area (TPSA) is 121 Å². The van der Waals surface area contributed by atoms with Crippen LogP contribution in [0.15, 0.2) is 18.2 Å². The maximum absolute atomic E-state index is 10.6. The van der Waals surface area contributed by atoms with Crippen molar-refractivity contribution in [1.82, 2.24) is 0 Å². The molecule has 0 aliphatic heterocycles. The standard InChI is InChI=1S/C11H13NO5/c12-8-5-6(2-4-9(13)14)1-3-7(8)10(15)11(16)17/h1,3,5,10,15H,2,4,12H2,(H,13,14)(H,16,17). The Balaban J connectivity index is 2.86. The molecular formula is C11H13NO5. The molecule has 1 rings (SSSR count). The summed E-state index contributed by atoms with van der Waals surface area (Å²) in [5.74, 6) is -2.30. The van der Waals surface area contributed by atoms with E-state index in [-0.39, 0.29) is 17.7 Å². The van der Waals surface area contributed by atoms with Crippen molar-refractivity contribution in [3.05, 3.63) is 29.3 Å². The molecule has 0 spiro atoms. The maximum atomic E-state index is 10.6. The summed E-state index contributed by atoms with van der Waals surface area (Å²) >= 11 is 0. The van der Waals surface area contributed by atoms with Gasteiger partial charge in [0.25, 0.3) is 0 Å². The number of aliphatic carboxylic acids is 2. The molecule has 1 aromatic carbocycles. The summed E-state index contributed by atoms with van der Waals surface area (Å²) in [4.78, 5) is 20.9. The lowest BCUT2D eigenvalue weighted by atomic mass is 10.0. The molecule has 1 aromatic rings. The van der Waals surface area contributed by atoms with Crippen LogP contribution in [0.1, 0.15) is 23.7 Å². The molecule has 0 aromatic heterocycles. The SMILES string of the molecule is Nc1cc(CCC(=O)O)ccc1C(O)C(=O)O. The molecule has 0 saturated heterocycles. The van der Waals surface area contributed by atoms with E-state index in [0.717, 1.165) is 0 Å². The first-order valence-corrected chi connectivity index (χ1v) is 4.92. The van der Waals surface area contributed by atoms with Gasteiger partial charge in [-0.3, -0.25) is 4.79 Å². The molecule has 1 atom stereocenters. The minimum atomic E-state index is -1.66. The van der Waals surface area contributed by atoms with Crippen LogP contribution in [0.3, 0.4) is 0 Å². The molecule has 0 heterocycles. The summed E-state index contributed by atoms with van der Waals surface area (Å²) in [6.07, 6.45) is -1.38. The molecule has 0 radical (unpaired) electrons. The Bertz CT molecular complexity index is 443. The van der Waals surface area contributed by atoms with Crippen LogP contribution < -0.4 is 5.73 Å². The summed E-state index contributed by atoms with van der Waals surface area (Å²) in [6, 6.07) is 4.43. The highest BCUT2D eigenvalue weighted by Gasteiger charge is 2.18. The highest BCUT2D eigenvalue weighted by atomic mass is 16.4.